The van der Waals surface area contributed by atoms with Gasteiger partial charge in [-0.15, -0.1) is 0 Å². The van der Waals surface area contributed by atoms with E-state index in [1.54, 1.807) is 6.92 Å². The fourth-order valence-electron chi connectivity index (χ4n) is 2.18. The van der Waals surface area contributed by atoms with Crippen molar-refractivity contribution in [1.29, 1.82) is 0 Å². The van der Waals surface area contributed by atoms with Crippen LogP contribution in [0.25, 0.3) is 10.9 Å². The normalized spacial score (nSPS) is 10.8. The Labute approximate surface area is 111 Å². The van der Waals surface area contributed by atoms with E-state index in [2.05, 4.69) is 16.4 Å². The number of nitrogens with one attached hydrogen (secondary N) is 2. The minimum absolute atomic E-state index is 0.155. The van der Waals surface area contributed by atoms with Gasteiger partial charge in [0.05, 0.1) is 0 Å². The zero-order valence-electron chi connectivity index (χ0n) is 10.7. The molecule has 2 nitrogen and oxygen atoms in total. The summed E-state index contributed by atoms with van der Waals surface area (Å²) in [4.78, 5) is 3.16. The summed E-state index contributed by atoms with van der Waals surface area (Å²) in [7, 11) is 0. The first-order valence-corrected chi connectivity index (χ1v) is 6.28. The lowest BCUT2D eigenvalue weighted by Gasteiger charge is -2.08. The van der Waals surface area contributed by atoms with Crippen molar-refractivity contribution in [1.82, 2.24) is 4.98 Å². The van der Waals surface area contributed by atoms with Crippen LogP contribution in [0.5, 0.6) is 0 Å². The van der Waals surface area contributed by atoms with Crippen molar-refractivity contribution in [3.8, 4) is 0 Å². The smallest absolute Gasteiger partial charge is 0.126 e. The highest BCUT2D eigenvalue weighted by Gasteiger charge is 2.00. The average molecular weight is 254 g/mol. The molecule has 0 amide bonds. The zero-order chi connectivity index (χ0) is 13.2. The molecule has 19 heavy (non-hydrogen) atoms. The van der Waals surface area contributed by atoms with E-state index in [9.17, 15) is 4.39 Å². The fourth-order valence-corrected chi connectivity index (χ4v) is 2.18. The Kier molecular flexibility index (Phi) is 2.95. The number of halogens is 1. The number of fused-ring (bicyclic) bond motifs is 1. The van der Waals surface area contributed by atoms with Crippen LogP contribution in [0.1, 0.15) is 11.1 Å². The molecule has 3 heteroatoms. The van der Waals surface area contributed by atoms with Crippen molar-refractivity contribution < 1.29 is 4.39 Å². The van der Waals surface area contributed by atoms with Gasteiger partial charge in [0, 0.05) is 29.3 Å². The van der Waals surface area contributed by atoms with E-state index in [4.69, 9.17) is 0 Å². The van der Waals surface area contributed by atoms with Gasteiger partial charge in [0.1, 0.15) is 5.82 Å². The second-order valence-corrected chi connectivity index (χ2v) is 4.72. The number of hydrogen-bond donors (Lipinski definition) is 2. The molecule has 0 bridgehead atoms. The summed E-state index contributed by atoms with van der Waals surface area (Å²) < 4.78 is 13.2. The van der Waals surface area contributed by atoms with Crippen molar-refractivity contribution in [3.05, 3.63) is 65.6 Å². The monoisotopic (exact) mass is 254 g/mol. The van der Waals surface area contributed by atoms with Crippen LogP contribution in [0.3, 0.4) is 0 Å². The van der Waals surface area contributed by atoms with Crippen LogP contribution < -0.4 is 5.32 Å². The summed E-state index contributed by atoms with van der Waals surface area (Å²) >= 11 is 0. The van der Waals surface area contributed by atoms with Crippen molar-refractivity contribution >= 4 is 16.6 Å². The predicted molar refractivity (Wildman–Crippen MR) is 76.8 cm³/mol. The second kappa shape index (κ2) is 4.76. The van der Waals surface area contributed by atoms with Crippen LogP contribution >= 0.6 is 0 Å². The number of H-pyrrole nitrogens is 1. The van der Waals surface area contributed by atoms with E-state index in [-0.39, 0.29) is 5.82 Å². The molecule has 1 aromatic heterocycles. The lowest BCUT2D eigenvalue weighted by molar-refractivity contribution is 0.617. The lowest BCUT2D eigenvalue weighted by Crippen LogP contribution is -2.00. The largest absolute Gasteiger partial charge is 0.381 e. The number of rotatable bonds is 3. The Balaban J connectivity index is 1.75. The molecule has 3 aromatic rings. The van der Waals surface area contributed by atoms with Gasteiger partial charge in [-0.2, -0.15) is 0 Å². The maximum absolute atomic E-state index is 13.2. The Morgan fingerprint density at radius 3 is 2.84 bits per heavy atom. The van der Waals surface area contributed by atoms with Crippen molar-refractivity contribution in [2.24, 2.45) is 0 Å². The molecular weight excluding hydrogens is 239 g/mol. The van der Waals surface area contributed by atoms with Gasteiger partial charge in [0.15, 0.2) is 0 Å². The summed E-state index contributed by atoms with van der Waals surface area (Å²) in [6.07, 6.45) is 1.93. The third kappa shape index (κ3) is 2.45. The van der Waals surface area contributed by atoms with E-state index in [0.717, 1.165) is 16.8 Å². The van der Waals surface area contributed by atoms with Crippen LogP contribution in [0.2, 0.25) is 0 Å². The Morgan fingerprint density at radius 1 is 1.11 bits per heavy atom. The topological polar surface area (TPSA) is 27.8 Å². The molecule has 0 saturated heterocycles. The molecule has 0 radical (unpaired) electrons. The highest BCUT2D eigenvalue weighted by atomic mass is 19.1. The SMILES string of the molecule is Cc1cc(CNc2ccc3[nH]ccc3c2)ccc1F. The molecular formula is C16H15FN2. The molecule has 0 aliphatic rings. The van der Waals surface area contributed by atoms with Crippen LogP contribution in [-0.4, -0.2) is 4.98 Å². The van der Waals surface area contributed by atoms with Crippen LogP contribution in [0.15, 0.2) is 48.7 Å². The van der Waals surface area contributed by atoms with E-state index < -0.39 is 0 Å². The summed E-state index contributed by atoms with van der Waals surface area (Å²) in [5, 5.41) is 4.53. The first-order valence-electron chi connectivity index (χ1n) is 6.28. The highest BCUT2D eigenvalue weighted by molar-refractivity contribution is 5.82. The molecule has 1 heterocycles. The summed E-state index contributed by atoms with van der Waals surface area (Å²) in [6.45, 7) is 2.47. The number of benzene rings is 2. The standard InChI is InChI=1S/C16H15FN2/c1-11-8-12(2-4-15(11)17)10-19-14-3-5-16-13(9-14)6-7-18-16/h2-9,18-19H,10H2,1H3. The molecule has 0 aliphatic heterocycles. The lowest BCUT2D eigenvalue weighted by atomic mass is 10.1. The van der Waals surface area contributed by atoms with E-state index in [1.165, 1.54) is 11.5 Å². The van der Waals surface area contributed by atoms with E-state index in [1.807, 2.05) is 36.5 Å². The Bertz CT molecular complexity index is 716. The Hall–Kier alpha value is -2.29. The van der Waals surface area contributed by atoms with Gasteiger partial charge in [-0.3, -0.25) is 0 Å². The first kappa shape index (κ1) is 11.8. The molecule has 0 spiro atoms. The predicted octanol–water partition coefficient (Wildman–Crippen LogP) is 4.23. The van der Waals surface area contributed by atoms with E-state index in [0.29, 0.717) is 12.1 Å². The van der Waals surface area contributed by atoms with Crippen LogP contribution in [0.4, 0.5) is 10.1 Å². The number of aromatic amines is 1. The molecule has 0 atom stereocenters. The van der Waals surface area contributed by atoms with Crippen molar-refractivity contribution in [2.75, 3.05) is 5.32 Å². The maximum Gasteiger partial charge on any atom is 0.126 e. The molecule has 0 fully saturated rings. The zero-order valence-corrected chi connectivity index (χ0v) is 10.7. The number of anilines is 1. The second-order valence-electron chi connectivity index (χ2n) is 4.72. The molecule has 0 aliphatic carbocycles. The van der Waals surface area contributed by atoms with Gasteiger partial charge in [0.2, 0.25) is 0 Å². The first-order chi connectivity index (χ1) is 9.22. The highest BCUT2D eigenvalue weighted by Crippen LogP contribution is 2.18. The van der Waals surface area contributed by atoms with Gasteiger partial charge < -0.3 is 10.3 Å². The molecule has 2 N–H and O–H groups in total. The van der Waals surface area contributed by atoms with Gasteiger partial charge in [-0.05, 0) is 48.4 Å². The Morgan fingerprint density at radius 2 is 2.00 bits per heavy atom. The maximum atomic E-state index is 13.2. The van der Waals surface area contributed by atoms with Crippen LogP contribution in [-0.2, 0) is 6.54 Å². The summed E-state index contributed by atoms with van der Waals surface area (Å²) in [6, 6.07) is 13.4. The third-order valence-electron chi connectivity index (χ3n) is 3.27. The summed E-state index contributed by atoms with van der Waals surface area (Å²) in [5.41, 5.74) is 3.95. The van der Waals surface area contributed by atoms with Crippen LogP contribution in [0, 0.1) is 12.7 Å². The van der Waals surface area contributed by atoms with Gasteiger partial charge in [-0.25, -0.2) is 4.39 Å². The number of aromatic nitrogens is 1. The molecule has 96 valence electrons. The van der Waals surface area contributed by atoms with E-state index >= 15 is 0 Å². The number of hydrogen-bond acceptors (Lipinski definition) is 1. The minimum Gasteiger partial charge on any atom is -0.381 e. The van der Waals surface area contributed by atoms with Gasteiger partial charge in [0.25, 0.3) is 0 Å². The minimum atomic E-state index is -0.155. The van der Waals surface area contributed by atoms with Gasteiger partial charge in [-0.1, -0.05) is 12.1 Å². The molecule has 0 unspecified atom stereocenters. The molecule has 2 aromatic carbocycles. The average Bonchev–Trinajstić information content (AvgIpc) is 2.87. The van der Waals surface area contributed by atoms with Crippen molar-refractivity contribution in [2.45, 2.75) is 13.5 Å². The molecule has 3 rings (SSSR count). The third-order valence-corrected chi connectivity index (χ3v) is 3.27. The quantitative estimate of drug-likeness (QED) is 0.719. The summed E-state index contributed by atoms with van der Waals surface area (Å²) in [5.74, 6) is -0.155. The van der Waals surface area contributed by atoms with Crippen molar-refractivity contribution in [3.63, 3.8) is 0 Å². The number of aryl methyl sites for hydroxylation is 1. The molecule has 0 saturated carbocycles. The van der Waals surface area contributed by atoms with Gasteiger partial charge >= 0.3 is 0 Å². The fraction of sp³-hybridized carbons (Fsp3) is 0.125.